The number of urea groups is 1. The predicted octanol–water partition coefficient (Wildman–Crippen LogP) is 6.27. The van der Waals surface area contributed by atoms with Gasteiger partial charge in [-0.3, -0.25) is 0 Å². The largest absolute Gasteiger partial charge is 0.338 e. The number of carbonyl (C=O) groups excluding carboxylic acids is 1. The molecule has 4 aromatic rings. The Morgan fingerprint density at radius 2 is 1.68 bits per heavy atom. The molecule has 172 valence electrons. The van der Waals surface area contributed by atoms with E-state index in [0.717, 1.165) is 30.5 Å². The van der Waals surface area contributed by atoms with E-state index in [1.165, 1.54) is 39.4 Å². The van der Waals surface area contributed by atoms with Gasteiger partial charge in [-0.15, -0.1) is 11.3 Å². The fourth-order valence-corrected chi connectivity index (χ4v) is 6.84. The Morgan fingerprint density at radius 3 is 2.50 bits per heavy atom. The highest BCUT2D eigenvalue weighted by Crippen LogP contribution is 2.43. The van der Waals surface area contributed by atoms with Crippen LogP contribution in [0.5, 0.6) is 0 Å². The number of hydrogen-bond acceptors (Lipinski definition) is 2. The van der Waals surface area contributed by atoms with Gasteiger partial charge < -0.3 is 14.8 Å². The van der Waals surface area contributed by atoms with Crippen LogP contribution >= 0.6 is 11.3 Å². The lowest BCUT2D eigenvalue weighted by molar-refractivity contribution is 0.180. The highest BCUT2D eigenvalue weighted by Gasteiger charge is 2.35. The molecule has 2 aromatic heterocycles. The summed E-state index contributed by atoms with van der Waals surface area (Å²) in [5.41, 5.74) is 6.36. The molecule has 0 spiro atoms. The average Bonchev–Trinajstić information content (AvgIpc) is 3.47. The molecular formula is C29H29N3OS. The van der Waals surface area contributed by atoms with E-state index in [2.05, 4.69) is 69.5 Å². The zero-order valence-corrected chi connectivity index (χ0v) is 20.1. The molecule has 3 heterocycles. The maximum atomic E-state index is 13.8. The molecule has 1 aliphatic carbocycles. The van der Waals surface area contributed by atoms with E-state index in [0.29, 0.717) is 13.1 Å². The van der Waals surface area contributed by atoms with Crippen LogP contribution in [0.15, 0.2) is 79.0 Å². The summed E-state index contributed by atoms with van der Waals surface area (Å²) in [6.45, 7) is 1.26. The number of fused-ring (bicyclic) bond motifs is 5. The Labute approximate surface area is 204 Å². The van der Waals surface area contributed by atoms with Crippen LogP contribution in [0, 0.1) is 0 Å². The van der Waals surface area contributed by atoms with Gasteiger partial charge >= 0.3 is 6.03 Å². The molecule has 1 N–H and O–H groups in total. The van der Waals surface area contributed by atoms with Gasteiger partial charge in [-0.05, 0) is 60.9 Å². The van der Waals surface area contributed by atoms with Crippen molar-refractivity contribution in [3.8, 4) is 5.00 Å². The molecule has 2 aliphatic rings. The molecule has 4 nitrogen and oxygen atoms in total. The first-order valence-corrected chi connectivity index (χ1v) is 13.1. The minimum Gasteiger partial charge on any atom is -0.338 e. The van der Waals surface area contributed by atoms with E-state index >= 15 is 0 Å². The topological polar surface area (TPSA) is 37.3 Å². The maximum absolute atomic E-state index is 13.8. The second kappa shape index (κ2) is 9.15. The molecule has 0 radical (unpaired) electrons. The number of thiophene rings is 1. The van der Waals surface area contributed by atoms with E-state index in [1.54, 1.807) is 0 Å². The van der Waals surface area contributed by atoms with Crippen molar-refractivity contribution in [2.24, 2.45) is 0 Å². The Hall–Kier alpha value is -3.31. The Bertz CT molecular complexity index is 1290. The van der Waals surface area contributed by atoms with Gasteiger partial charge in [0.25, 0.3) is 0 Å². The summed E-state index contributed by atoms with van der Waals surface area (Å²) < 4.78 is 2.34. The lowest BCUT2D eigenvalue weighted by Gasteiger charge is -2.31. The second-order valence-corrected chi connectivity index (χ2v) is 10.3. The first kappa shape index (κ1) is 21.2. The van der Waals surface area contributed by atoms with Crippen LogP contribution in [0.25, 0.3) is 5.00 Å². The first-order valence-electron chi connectivity index (χ1n) is 12.2. The van der Waals surface area contributed by atoms with E-state index in [-0.39, 0.29) is 12.1 Å². The Morgan fingerprint density at radius 1 is 0.912 bits per heavy atom. The van der Waals surface area contributed by atoms with Crippen LogP contribution in [-0.4, -0.2) is 22.0 Å². The van der Waals surface area contributed by atoms with Gasteiger partial charge in [0, 0.05) is 23.2 Å². The molecule has 2 aromatic carbocycles. The SMILES string of the molecule is O=C(NCCc1ccccc1)N1Cc2c(sc3c2CCCC3)-n2cccc2[C@H]1c1ccccc1. The molecule has 0 saturated carbocycles. The minimum absolute atomic E-state index is 0.00106. The molecule has 0 fully saturated rings. The minimum atomic E-state index is -0.133. The number of aryl methyl sites for hydroxylation is 1. The number of amides is 2. The zero-order valence-electron chi connectivity index (χ0n) is 19.2. The Kier molecular flexibility index (Phi) is 5.71. The average molecular weight is 468 g/mol. The predicted molar refractivity (Wildman–Crippen MR) is 138 cm³/mol. The van der Waals surface area contributed by atoms with Gasteiger partial charge in [0.1, 0.15) is 5.00 Å². The fourth-order valence-electron chi connectivity index (χ4n) is 5.43. The molecule has 5 heteroatoms. The van der Waals surface area contributed by atoms with Crippen molar-refractivity contribution in [1.82, 2.24) is 14.8 Å². The monoisotopic (exact) mass is 467 g/mol. The van der Waals surface area contributed by atoms with Crippen molar-refractivity contribution in [3.63, 3.8) is 0 Å². The first-order chi connectivity index (χ1) is 16.8. The Balaban J connectivity index is 1.38. The van der Waals surface area contributed by atoms with Crippen molar-refractivity contribution in [2.75, 3.05) is 6.54 Å². The quantitative estimate of drug-likeness (QED) is 0.377. The highest BCUT2D eigenvalue weighted by molar-refractivity contribution is 7.15. The van der Waals surface area contributed by atoms with Gasteiger partial charge in [-0.25, -0.2) is 4.79 Å². The fraction of sp³-hybridized carbons (Fsp3) is 0.276. The van der Waals surface area contributed by atoms with Gasteiger partial charge in [-0.1, -0.05) is 60.7 Å². The van der Waals surface area contributed by atoms with Crippen molar-refractivity contribution in [1.29, 1.82) is 0 Å². The van der Waals surface area contributed by atoms with Gasteiger partial charge in [-0.2, -0.15) is 0 Å². The summed E-state index contributed by atoms with van der Waals surface area (Å²) in [6.07, 6.45) is 7.78. The normalized spacial score (nSPS) is 16.8. The number of nitrogens with one attached hydrogen (secondary N) is 1. The molecule has 34 heavy (non-hydrogen) atoms. The zero-order chi connectivity index (χ0) is 22.9. The molecule has 0 bridgehead atoms. The van der Waals surface area contributed by atoms with Gasteiger partial charge in [0.15, 0.2) is 0 Å². The molecule has 1 aliphatic heterocycles. The summed E-state index contributed by atoms with van der Waals surface area (Å²) in [6, 6.07) is 25.0. The third kappa shape index (κ3) is 3.84. The van der Waals surface area contributed by atoms with Crippen LogP contribution in [0.2, 0.25) is 0 Å². The summed E-state index contributed by atoms with van der Waals surface area (Å²) in [5, 5.41) is 4.53. The number of carbonyl (C=O) groups is 1. The van der Waals surface area contributed by atoms with Gasteiger partial charge in [0.2, 0.25) is 0 Å². The molecule has 2 amide bonds. The number of rotatable bonds is 4. The van der Waals surface area contributed by atoms with Crippen molar-refractivity contribution < 1.29 is 4.79 Å². The highest BCUT2D eigenvalue weighted by atomic mass is 32.1. The molecule has 1 atom stereocenters. The van der Waals surface area contributed by atoms with E-state index < -0.39 is 0 Å². The summed E-state index contributed by atoms with van der Waals surface area (Å²) in [4.78, 5) is 17.3. The lowest BCUT2D eigenvalue weighted by atomic mass is 9.95. The van der Waals surface area contributed by atoms with Crippen molar-refractivity contribution >= 4 is 17.4 Å². The molecule has 0 saturated heterocycles. The second-order valence-electron chi connectivity index (χ2n) is 9.21. The summed E-state index contributed by atoms with van der Waals surface area (Å²) >= 11 is 1.93. The van der Waals surface area contributed by atoms with Crippen LogP contribution in [0.4, 0.5) is 4.79 Å². The van der Waals surface area contributed by atoms with Crippen LogP contribution in [0.1, 0.15) is 51.7 Å². The number of benzene rings is 2. The molecular weight excluding hydrogens is 438 g/mol. The smallest absolute Gasteiger partial charge is 0.318 e. The number of aromatic nitrogens is 1. The molecule has 6 rings (SSSR count). The third-order valence-corrected chi connectivity index (χ3v) is 8.42. The number of nitrogens with zero attached hydrogens (tertiary/aromatic N) is 2. The lowest BCUT2D eigenvalue weighted by Crippen LogP contribution is -2.42. The van der Waals surface area contributed by atoms with E-state index in [1.807, 2.05) is 35.6 Å². The molecule has 0 unspecified atom stereocenters. The summed E-state index contributed by atoms with van der Waals surface area (Å²) in [5.74, 6) is 0. The van der Waals surface area contributed by atoms with E-state index in [9.17, 15) is 4.79 Å². The van der Waals surface area contributed by atoms with Crippen molar-refractivity contribution in [2.45, 2.75) is 44.7 Å². The van der Waals surface area contributed by atoms with Crippen LogP contribution in [0.3, 0.4) is 0 Å². The van der Waals surface area contributed by atoms with Gasteiger partial charge in [0.05, 0.1) is 18.3 Å². The third-order valence-electron chi connectivity index (χ3n) is 7.09. The van der Waals surface area contributed by atoms with E-state index in [4.69, 9.17) is 0 Å². The van der Waals surface area contributed by atoms with Crippen molar-refractivity contribution in [3.05, 3.63) is 112 Å². The standard InChI is InChI=1S/C29H29N3OS/c33-29(30-18-17-21-10-3-1-4-11-21)32-20-24-23-14-7-8-16-26(23)34-28(24)31-19-9-15-25(31)27(32)22-12-5-2-6-13-22/h1-6,9-13,15,19,27H,7-8,14,16-18,20H2,(H,30,33)/t27-/m1/s1. The number of hydrogen-bond donors (Lipinski definition) is 1. The van der Waals surface area contributed by atoms with Crippen LogP contribution < -0.4 is 5.32 Å². The van der Waals surface area contributed by atoms with Crippen LogP contribution in [-0.2, 0) is 25.8 Å². The maximum Gasteiger partial charge on any atom is 0.318 e. The summed E-state index contributed by atoms with van der Waals surface area (Å²) in [7, 11) is 0.